The normalized spacial score (nSPS) is 11.1. The highest BCUT2D eigenvalue weighted by Crippen LogP contribution is 2.32. The summed E-state index contributed by atoms with van der Waals surface area (Å²) in [7, 11) is -0.990. The lowest BCUT2D eigenvalue weighted by Gasteiger charge is -2.25. The predicted octanol–water partition coefficient (Wildman–Crippen LogP) is 3.98. The molecule has 0 spiro atoms. The lowest BCUT2D eigenvalue weighted by atomic mass is 10.2. The van der Waals surface area contributed by atoms with Gasteiger partial charge in [0.15, 0.2) is 0 Å². The minimum atomic E-state index is -4.04. The second-order valence-corrected chi connectivity index (χ2v) is 9.04. The minimum Gasteiger partial charge on any atom is -0.495 e. The van der Waals surface area contributed by atoms with E-state index in [9.17, 15) is 13.2 Å². The number of nitrogens with zero attached hydrogens (tertiary/aromatic N) is 1. The van der Waals surface area contributed by atoms with Crippen LogP contribution in [-0.4, -0.2) is 35.1 Å². The van der Waals surface area contributed by atoms with E-state index < -0.39 is 22.5 Å². The van der Waals surface area contributed by atoms with Crippen LogP contribution in [-0.2, 0) is 26.2 Å². The summed E-state index contributed by atoms with van der Waals surface area (Å²) in [6.07, 6.45) is 0. The summed E-state index contributed by atoms with van der Waals surface area (Å²) in [6.45, 7) is 1.85. The first-order valence-corrected chi connectivity index (χ1v) is 11.4. The second kappa shape index (κ2) is 10.3. The number of benzene rings is 3. The maximum atomic E-state index is 13.5. The Morgan fingerprint density at radius 1 is 0.969 bits per heavy atom. The predicted molar refractivity (Wildman–Crippen MR) is 124 cm³/mol. The molecule has 0 fully saturated rings. The number of sulfonamides is 1. The molecule has 1 amide bonds. The molecule has 3 aromatic rings. The highest BCUT2D eigenvalue weighted by atomic mass is 32.2. The Morgan fingerprint density at radius 3 is 2.38 bits per heavy atom. The van der Waals surface area contributed by atoms with Gasteiger partial charge in [0.1, 0.15) is 12.3 Å². The van der Waals surface area contributed by atoms with Crippen molar-refractivity contribution in [3.63, 3.8) is 0 Å². The van der Waals surface area contributed by atoms with Crippen LogP contribution in [0.3, 0.4) is 0 Å². The molecule has 3 aromatic carbocycles. The quantitative estimate of drug-likeness (QED) is 0.529. The summed E-state index contributed by atoms with van der Waals surface area (Å²) in [6, 6.07) is 20.4. The van der Waals surface area contributed by atoms with Crippen molar-refractivity contribution in [2.75, 3.05) is 30.4 Å². The Kier molecular flexibility index (Phi) is 7.50. The van der Waals surface area contributed by atoms with Crippen molar-refractivity contribution >= 4 is 27.3 Å². The molecule has 0 heterocycles. The van der Waals surface area contributed by atoms with Crippen molar-refractivity contribution in [1.29, 1.82) is 0 Å². The lowest BCUT2D eigenvalue weighted by molar-refractivity contribution is -0.114. The van der Waals surface area contributed by atoms with Gasteiger partial charge in [0, 0.05) is 12.8 Å². The molecule has 8 heteroatoms. The van der Waals surface area contributed by atoms with Crippen LogP contribution in [0.4, 0.5) is 11.4 Å². The molecule has 0 saturated carbocycles. The van der Waals surface area contributed by atoms with Crippen LogP contribution in [0.25, 0.3) is 0 Å². The highest BCUT2D eigenvalue weighted by molar-refractivity contribution is 7.92. The molecule has 3 rings (SSSR count). The number of carbonyl (C=O) groups is 1. The molecule has 32 heavy (non-hydrogen) atoms. The number of methoxy groups -OCH3 is 2. The molecule has 1 N–H and O–H groups in total. The van der Waals surface area contributed by atoms with Gasteiger partial charge in [0.2, 0.25) is 5.91 Å². The maximum Gasteiger partial charge on any atom is 0.264 e. The molecule has 0 bridgehead atoms. The van der Waals surface area contributed by atoms with Gasteiger partial charge in [-0.2, -0.15) is 0 Å². The van der Waals surface area contributed by atoms with Crippen LogP contribution < -0.4 is 14.4 Å². The molecule has 0 aliphatic heterocycles. The van der Waals surface area contributed by atoms with Gasteiger partial charge in [-0.3, -0.25) is 9.10 Å². The molecule has 0 saturated heterocycles. The topological polar surface area (TPSA) is 84.9 Å². The summed E-state index contributed by atoms with van der Waals surface area (Å²) in [5.41, 5.74) is 2.65. The number of ether oxygens (including phenoxy) is 2. The van der Waals surface area contributed by atoms with Gasteiger partial charge in [-0.05, 0) is 48.9 Å². The van der Waals surface area contributed by atoms with Gasteiger partial charge in [-0.1, -0.05) is 42.0 Å². The van der Waals surface area contributed by atoms with E-state index >= 15 is 0 Å². The van der Waals surface area contributed by atoms with E-state index in [4.69, 9.17) is 9.47 Å². The van der Waals surface area contributed by atoms with E-state index in [1.165, 1.54) is 19.2 Å². The average Bonchev–Trinajstić information content (AvgIpc) is 2.78. The van der Waals surface area contributed by atoms with Crippen molar-refractivity contribution in [2.24, 2.45) is 0 Å². The number of rotatable bonds is 9. The largest absolute Gasteiger partial charge is 0.495 e. The van der Waals surface area contributed by atoms with Crippen LogP contribution in [0.2, 0.25) is 0 Å². The van der Waals surface area contributed by atoms with Crippen molar-refractivity contribution in [3.05, 3.63) is 83.9 Å². The van der Waals surface area contributed by atoms with E-state index in [0.29, 0.717) is 18.0 Å². The summed E-state index contributed by atoms with van der Waals surface area (Å²) in [5, 5.41) is 2.77. The fourth-order valence-electron chi connectivity index (χ4n) is 3.21. The third-order valence-electron chi connectivity index (χ3n) is 4.77. The number of hydrogen-bond acceptors (Lipinski definition) is 5. The van der Waals surface area contributed by atoms with Gasteiger partial charge in [-0.15, -0.1) is 0 Å². The summed E-state index contributed by atoms with van der Waals surface area (Å²) in [4.78, 5) is 13.0. The third-order valence-corrected chi connectivity index (χ3v) is 6.55. The zero-order chi connectivity index (χ0) is 23.1. The molecule has 0 radical (unpaired) electrons. The molecule has 0 aromatic heterocycles. The highest BCUT2D eigenvalue weighted by Gasteiger charge is 2.29. The number of carbonyl (C=O) groups excluding carboxylic acids is 1. The minimum absolute atomic E-state index is 0.0869. The number of anilines is 2. The first-order chi connectivity index (χ1) is 15.3. The van der Waals surface area contributed by atoms with Crippen LogP contribution >= 0.6 is 0 Å². The first kappa shape index (κ1) is 23.3. The van der Waals surface area contributed by atoms with E-state index in [-0.39, 0.29) is 10.6 Å². The zero-order valence-electron chi connectivity index (χ0n) is 18.2. The number of aryl methyl sites for hydroxylation is 1. The molecular weight excluding hydrogens is 428 g/mol. The fraction of sp³-hybridized carbons (Fsp3) is 0.208. The van der Waals surface area contributed by atoms with Crippen LogP contribution in [0, 0.1) is 6.92 Å². The van der Waals surface area contributed by atoms with Gasteiger partial charge < -0.3 is 14.8 Å². The SMILES string of the molecule is COCc1cccc(NC(=O)CN(c2ccccc2OC)S(=O)(=O)c2ccc(C)cc2)c1. The molecular formula is C24H26N2O5S. The monoisotopic (exact) mass is 454 g/mol. The molecule has 0 aliphatic carbocycles. The van der Waals surface area contributed by atoms with Crippen molar-refractivity contribution in [2.45, 2.75) is 18.4 Å². The average molecular weight is 455 g/mol. The summed E-state index contributed by atoms with van der Waals surface area (Å²) < 4.78 is 38.6. The summed E-state index contributed by atoms with van der Waals surface area (Å²) >= 11 is 0. The second-order valence-electron chi connectivity index (χ2n) is 7.18. The van der Waals surface area contributed by atoms with E-state index in [0.717, 1.165) is 15.4 Å². The van der Waals surface area contributed by atoms with Crippen molar-refractivity contribution in [3.8, 4) is 5.75 Å². The Hall–Kier alpha value is -3.36. The Labute approximate surface area is 188 Å². The van der Waals surface area contributed by atoms with Gasteiger partial charge in [0.25, 0.3) is 10.0 Å². The molecule has 0 aliphatic rings. The number of nitrogens with one attached hydrogen (secondary N) is 1. The first-order valence-electron chi connectivity index (χ1n) is 9.95. The molecule has 168 valence electrons. The van der Waals surface area contributed by atoms with Gasteiger partial charge in [0.05, 0.1) is 24.3 Å². The summed E-state index contributed by atoms with van der Waals surface area (Å²) in [5.74, 6) is -0.140. The van der Waals surface area contributed by atoms with Crippen LogP contribution in [0.1, 0.15) is 11.1 Å². The van der Waals surface area contributed by atoms with Crippen molar-refractivity contribution < 1.29 is 22.7 Å². The van der Waals surface area contributed by atoms with Crippen molar-refractivity contribution in [1.82, 2.24) is 0 Å². The zero-order valence-corrected chi connectivity index (χ0v) is 19.1. The smallest absolute Gasteiger partial charge is 0.264 e. The molecule has 0 unspecified atom stereocenters. The van der Waals surface area contributed by atoms with E-state index in [1.54, 1.807) is 61.7 Å². The standard InChI is InChI=1S/C24H26N2O5S/c1-18-11-13-21(14-12-18)32(28,29)26(22-9-4-5-10-23(22)31-3)16-24(27)25-20-8-6-7-19(15-20)17-30-2/h4-15H,16-17H2,1-3H3,(H,25,27). The van der Waals surface area contributed by atoms with Gasteiger partial charge in [-0.25, -0.2) is 8.42 Å². The number of hydrogen-bond donors (Lipinski definition) is 1. The van der Waals surface area contributed by atoms with Crippen LogP contribution in [0.15, 0.2) is 77.7 Å². The van der Waals surface area contributed by atoms with Gasteiger partial charge >= 0.3 is 0 Å². The Balaban J connectivity index is 1.95. The van der Waals surface area contributed by atoms with E-state index in [2.05, 4.69) is 5.32 Å². The Bertz CT molecular complexity index is 1180. The fourth-order valence-corrected chi connectivity index (χ4v) is 4.64. The number of para-hydroxylation sites is 2. The molecule has 7 nitrogen and oxygen atoms in total. The van der Waals surface area contributed by atoms with E-state index in [1.807, 2.05) is 13.0 Å². The third kappa shape index (κ3) is 5.46. The molecule has 0 atom stereocenters. The number of amides is 1. The maximum absolute atomic E-state index is 13.5. The lowest BCUT2D eigenvalue weighted by Crippen LogP contribution is -2.38. The van der Waals surface area contributed by atoms with Crippen LogP contribution in [0.5, 0.6) is 5.75 Å². The Morgan fingerprint density at radius 2 is 1.69 bits per heavy atom.